The van der Waals surface area contributed by atoms with Gasteiger partial charge in [-0.2, -0.15) is 0 Å². The van der Waals surface area contributed by atoms with E-state index in [9.17, 15) is 9.59 Å². The number of carbonyl (C=O) groups excluding carboxylic acids is 1. The van der Waals surface area contributed by atoms with Gasteiger partial charge in [0.15, 0.2) is 0 Å². The van der Waals surface area contributed by atoms with Gasteiger partial charge < -0.3 is 4.90 Å². The van der Waals surface area contributed by atoms with E-state index in [1.807, 2.05) is 19.1 Å². The third-order valence-corrected chi connectivity index (χ3v) is 6.13. The molecule has 0 aliphatic carbocycles. The van der Waals surface area contributed by atoms with Gasteiger partial charge in [-0.15, -0.1) is 11.3 Å². The van der Waals surface area contributed by atoms with Crippen LogP contribution in [0.2, 0.25) is 0 Å². The number of nitrogens with zero attached hydrogens (tertiary/aromatic N) is 4. The number of likely N-dealkylation sites (N-methyl/N-ethyl adjacent to an activating group) is 1. The molecule has 6 nitrogen and oxygen atoms in total. The number of thiophene rings is 1. The molecule has 0 aliphatic rings. The highest BCUT2D eigenvalue weighted by Crippen LogP contribution is 2.27. The molecule has 0 aromatic carbocycles. The molecule has 3 aromatic rings. The Bertz CT molecular complexity index is 1010. The Labute approximate surface area is 168 Å². The Hall–Kier alpha value is -2.54. The predicted octanol–water partition coefficient (Wildman–Crippen LogP) is 3.67. The maximum absolute atomic E-state index is 13.0. The molecule has 0 saturated heterocycles. The Kier molecular flexibility index (Phi) is 6.57. The molecule has 0 saturated carbocycles. The molecule has 0 atom stereocenters. The van der Waals surface area contributed by atoms with Crippen molar-refractivity contribution in [1.29, 1.82) is 0 Å². The summed E-state index contributed by atoms with van der Waals surface area (Å²) in [4.78, 5) is 37.2. The lowest BCUT2D eigenvalue weighted by atomic mass is 10.1. The first-order valence-corrected chi connectivity index (χ1v) is 10.5. The van der Waals surface area contributed by atoms with Crippen LogP contribution in [0.3, 0.4) is 0 Å². The number of aromatic nitrogens is 3. The number of unbranched alkanes of at least 4 members (excludes halogenated alkanes) is 2. The second-order valence-corrected chi connectivity index (χ2v) is 8.02. The zero-order valence-electron chi connectivity index (χ0n) is 16.6. The zero-order chi connectivity index (χ0) is 20.1. The molecule has 0 bridgehead atoms. The molecule has 3 rings (SSSR count). The zero-order valence-corrected chi connectivity index (χ0v) is 17.5. The number of carbonyl (C=O) groups is 1. The smallest absolute Gasteiger partial charge is 0.264 e. The summed E-state index contributed by atoms with van der Waals surface area (Å²) in [6, 6.07) is 3.90. The lowest BCUT2D eigenvalue weighted by Gasteiger charge is -2.16. The van der Waals surface area contributed by atoms with Crippen LogP contribution in [0.5, 0.6) is 0 Å². The van der Waals surface area contributed by atoms with Crippen LogP contribution >= 0.6 is 11.3 Å². The summed E-state index contributed by atoms with van der Waals surface area (Å²) in [7, 11) is 1.80. The first kappa shape index (κ1) is 20.2. The highest BCUT2D eigenvalue weighted by atomic mass is 32.1. The van der Waals surface area contributed by atoms with Crippen LogP contribution in [0.25, 0.3) is 10.2 Å². The van der Waals surface area contributed by atoms with E-state index < -0.39 is 0 Å². The van der Waals surface area contributed by atoms with Crippen molar-refractivity contribution in [2.24, 2.45) is 0 Å². The van der Waals surface area contributed by atoms with Gasteiger partial charge in [0.05, 0.1) is 16.6 Å². The molecule has 148 valence electrons. The monoisotopic (exact) mass is 398 g/mol. The van der Waals surface area contributed by atoms with Gasteiger partial charge >= 0.3 is 0 Å². The minimum Gasteiger partial charge on any atom is -0.341 e. The van der Waals surface area contributed by atoms with E-state index in [0.717, 1.165) is 36.8 Å². The molecule has 7 heteroatoms. The molecule has 0 unspecified atom stereocenters. The van der Waals surface area contributed by atoms with E-state index in [0.29, 0.717) is 28.2 Å². The van der Waals surface area contributed by atoms with Crippen molar-refractivity contribution in [3.8, 4) is 0 Å². The molecule has 1 amide bonds. The van der Waals surface area contributed by atoms with Gasteiger partial charge in [0.2, 0.25) is 0 Å². The summed E-state index contributed by atoms with van der Waals surface area (Å²) in [6.07, 6.45) is 9.02. The SMILES string of the molecule is CCCCCn1cnc2sc(C(=O)N(C)CCc3ccncc3)c(C)c2c1=O. The van der Waals surface area contributed by atoms with Crippen LogP contribution in [0.1, 0.15) is 47.0 Å². The van der Waals surface area contributed by atoms with E-state index in [-0.39, 0.29) is 11.5 Å². The van der Waals surface area contributed by atoms with Crippen molar-refractivity contribution < 1.29 is 4.79 Å². The summed E-state index contributed by atoms with van der Waals surface area (Å²) in [5.74, 6) is -0.0634. The van der Waals surface area contributed by atoms with Gasteiger partial charge in [-0.05, 0) is 43.0 Å². The van der Waals surface area contributed by atoms with Gasteiger partial charge in [-0.25, -0.2) is 4.98 Å². The Morgan fingerprint density at radius 1 is 1.25 bits per heavy atom. The number of fused-ring (bicyclic) bond motifs is 1. The lowest BCUT2D eigenvalue weighted by molar-refractivity contribution is 0.0801. The maximum Gasteiger partial charge on any atom is 0.264 e. The first-order chi connectivity index (χ1) is 13.5. The van der Waals surface area contributed by atoms with Crippen LogP contribution in [0.4, 0.5) is 0 Å². The van der Waals surface area contributed by atoms with Crippen LogP contribution < -0.4 is 5.56 Å². The second kappa shape index (κ2) is 9.10. The predicted molar refractivity (Wildman–Crippen MR) is 113 cm³/mol. The number of aryl methyl sites for hydroxylation is 2. The van der Waals surface area contributed by atoms with Crippen LogP contribution in [-0.4, -0.2) is 38.9 Å². The van der Waals surface area contributed by atoms with E-state index in [4.69, 9.17) is 0 Å². The minimum atomic E-state index is -0.0634. The molecule has 3 aromatic heterocycles. The topological polar surface area (TPSA) is 68.1 Å². The minimum absolute atomic E-state index is 0.0478. The van der Waals surface area contributed by atoms with Gasteiger partial charge in [0.25, 0.3) is 11.5 Å². The normalized spacial score (nSPS) is 11.1. The highest BCUT2D eigenvalue weighted by Gasteiger charge is 2.21. The molecule has 0 N–H and O–H groups in total. The molecule has 3 heterocycles. The summed E-state index contributed by atoms with van der Waals surface area (Å²) < 4.78 is 1.67. The van der Waals surface area contributed by atoms with Crippen molar-refractivity contribution in [2.45, 2.75) is 46.1 Å². The number of hydrogen-bond donors (Lipinski definition) is 0. The number of amides is 1. The van der Waals surface area contributed by atoms with Crippen molar-refractivity contribution in [3.05, 3.63) is 57.2 Å². The molecule has 0 spiro atoms. The van der Waals surface area contributed by atoms with E-state index in [1.165, 1.54) is 11.3 Å². The molecule has 0 fully saturated rings. The van der Waals surface area contributed by atoms with E-state index >= 15 is 0 Å². The summed E-state index contributed by atoms with van der Waals surface area (Å²) in [5, 5.41) is 0.579. The average Bonchev–Trinajstić information content (AvgIpc) is 3.05. The largest absolute Gasteiger partial charge is 0.341 e. The van der Waals surface area contributed by atoms with Crippen molar-refractivity contribution >= 4 is 27.5 Å². The summed E-state index contributed by atoms with van der Waals surface area (Å²) >= 11 is 1.31. The van der Waals surface area contributed by atoms with Crippen LogP contribution in [0.15, 0.2) is 35.6 Å². The number of hydrogen-bond acceptors (Lipinski definition) is 5. The van der Waals surface area contributed by atoms with Crippen molar-refractivity contribution in [1.82, 2.24) is 19.4 Å². The average molecular weight is 399 g/mol. The van der Waals surface area contributed by atoms with Crippen molar-refractivity contribution in [2.75, 3.05) is 13.6 Å². The third kappa shape index (κ3) is 4.30. The van der Waals surface area contributed by atoms with Crippen molar-refractivity contribution in [3.63, 3.8) is 0 Å². The summed E-state index contributed by atoms with van der Waals surface area (Å²) in [5.41, 5.74) is 1.83. The van der Waals surface area contributed by atoms with Crippen LogP contribution in [-0.2, 0) is 13.0 Å². The molecule has 0 radical (unpaired) electrons. The molecular formula is C21H26N4O2S. The maximum atomic E-state index is 13.0. The quantitative estimate of drug-likeness (QED) is 0.543. The van der Waals surface area contributed by atoms with Gasteiger partial charge in [0, 0.05) is 32.5 Å². The highest BCUT2D eigenvalue weighted by molar-refractivity contribution is 7.20. The fourth-order valence-electron chi connectivity index (χ4n) is 3.18. The Balaban J connectivity index is 1.80. The fraction of sp³-hybridized carbons (Fsp3) is 0.429. The lowest BCUT2D eigenvalue weighted by Crippen LogP contribution is -2.28. The first-order valence-electron chi connectivity index (χ1n) is 9.65. The molecular weight excluding hydrogens is 372 g/mol. The third-order valence-electron chi connectivity index (χ3n) is 4.95. The summed E-state index contributed by atoms with van der Waals surface area (Å²) in [6.45, 7) is 5.25. The Morgan fingerprint density at radius 3 is 2.71 bits per heavy atom. The van der Waals surface area contributed by atoms with E-state index in [2.05, 4.69) is 16.9 Å². The van der Waals surface area contributed by atoms with Gasteiger partial charge in [-0.3, -0.25) is 19.1 Å². The molecule has 28 heavy (non-hydrogen) atoms. The van der Waals surface area contributed by atoms with Crippen LogP contribution in [0, 0.1) is 6.92 Å². The Morgan fingerprint density at radius 2 is 2.00 bits per heavy atom. The number of rotatable bonds is 8. The van der Waals surface area contributed by atoms with Gasteiger partial charge in [-0.1, -0.05) is 19.8 Å². The molecule has 0 aliphatic heterocycles. The fourth-order valence-corrected chi connectivity index (χ4v) is 4.31. The number of pyridine rings is 1. The standard InChI is InChI=1S/C21H26N4O2S/c1-4-5-6-12-25-14-23-19-17(20(25)26)15(2)18(28-19)21(27)24(3)13-9-16-7-10-22-11-8-16/h7-8,10-11,14H,4-6,9,12-13H2,1-3H3. The second-order valence-electron chi connectivity index (χ2n) is 7.02. The van der Waals surface area contributed by atoms with E-state index in [1.54, 1.807) is 35.2 Å². The van der Waals surface area contributed by atoms with Gasteiger partial charge in [0.1, 0.15) is 4.83 Å².